The molecule has 1 aromatic rings. The van der Waals surface area contributed by atoms with Crippen molar-refractivity contribution in [1.82, 2.24) is 5.32 Å². The van der Waals surface area contributed by atoms with E-state index in [9.17, 15) is 14.4 Å². The molecule has 108 valence electrons. The number of benzene rings is 1. The van der Waals surface area contributed by atoms with E-state index >= 15 is 0 Å². The minimum absolute atomic E-state index is 0.0238. The van der Waals surface area contributed by atoms with E-state index in [1.807, 2.05) is 0 Å². The van der Waals surface area contributed by atoms with Crippen LogP contribution in [0.1, 0.15) is 19.3 Å². The summed E-state index contributed by atoms with van der Waals surface area (Å²) in [5.74, 6) is -1.51. The lowest BCUT2D eigenvalue weighted by atomic mass is 10.2. The van der Waals surface area contributed by atoms with E-state index in [0.29, 0.717) is 15.2 Å². The van der Waals surface area contributed by atoms with E-state index in [0.717, 1.165) is 0 Å². The lowest BCUT2D eigenvalue weighted by Gasteiger charge is -2.07. The Hall–Kier alpha value is -1.60. The average Bonchev–Trinajstić information content (AvgIpc) is 2.33. The number of amides is 3. The van der Waals surface area contributed by atoms with Gasteiger partial charge in [-0.2, -0.15) is 0 Å². The Morgan fingerprint density at radius 2 is 1.95 bits per heavy atom. The molecule has 0 atom stereocenters. The van der Waals surface area contributed by atoms with E-state index in [2.05, 4.69) is 26.6 Å². The van der Waals surface area contributed by atoms with Crippen LogP contribution in [-0.2, 0) is 9.59 Å². The topological polar surface area (TPSA) is 95.5 Å². The first-order valence-corrected chi connectivity index (χ1v) is 6.83. The first-order chi connectivity index (χ1) is 9.38. The Morgan fingerprint density at radius 1 is 1.25 bits per heavy atom. The molecule has 0 saturated carbocycles. The number of imide groups is 1. The van der Waals surface area contributed by atoms with Crippen molar-refractivity contribution in [2.75, 3.05) is 5.32 Å². The zero-order chi connectivity index (χ0) is 15.1. The maximum absolute atomic E-state index is 11.5. The second kappa shape index (κ2) is 7.86. The van der Waals surface area contributed by atoms with E-state index in [1.165, 1.54) is 0 Å². The van der Waals surface area contributed by atoms with Crippen LogP contribution in [0.3, 0.4) is 0 Å². The predicted octanol–water partition coefficient (Wildman–Crippen LogP) is 3.01. The molecular weight excluding hydrogens is 351 g/mol. The molecule has 1 rings (SSSR count). The SMILES string of the molecule is O=C(O)CCCC(=O)NC(=O)Nc1ccc(Cl)c(Br)c1. The maximum atomic E-state index is 11.5. The quantitative estimate of drug-likeness (QED) is 0.749. The van der Waals surface area contributed by atoms with Crippen molar-refractivity contribution < 1.29 is 19.5 Å². The second-order valence-corrected chi connectivity index (χ2v) is 5.14. The number of urea groups is 1. The van der Waals surface area contributed by atoms with Gasteiger partial charge in [0.05, 0.1) is 5.02 Å². The van der Waals surface area contributed by atoms with Crippen molar-refractivity contribution in [3.8, 4) is 0 Å². The van der Waals surface area contributed by atoms with Crippen molar-refractivity contribution in [2.45, 2.75) is 19.3 Å². The minimum Gasteiger partial charge on any atom is -0.481 e. The van der Waals surface area contributed by atoms with Crippen LogP contribution in [0.2, 0.25) is 5.02 Å². The number of carboxylic acids is 1. The van der Waals surface area contributed by atoms with Crippen LogP contribution in [0, 0.1) is 0 Å². The first kappa shape index (κ1) is 16.5. The molecule has 8 heteroatoms. The van der Waals surface area contributed by atoms with Gasteiger partial charge in [-0.3, -0.25) is 14.9 Å². The van der Waals surface area contributed by atoms with Gasteiger partial charge in [0.25, 0.3) is 0 Å². The summed E-state index contributed by atoms with van der Waals surface area (Å²) in [7, 11) is 0. The van der Waals surface area contributed by atoms with E-state index in [4.69, 9.17) is 16.7 Å². The Labute approximate surface area is 128 Å². The van der Waals surface area contributed by atoms with Gasteiger partial charge in [0, 0.05) is 23.0 Å². The lowest BCUT2D eigenvalue weighted by molar-refractivity contribution is -0.137. The van der Waals surface area contributed by atoms with Gasteiger partial charge in [-0.25, -0.2) is 4.79 Å². The smallest absolute Gasteiger partial charge is 0.325 e. The molecule has 0 heterocycles. The summed E-state index contributed by atoms with van der Waals surface area (Å²) < 4.78 is 0.616. The van der Waals surface area contributed by atoms with Crippen LogP contribution >= 0.6 is 27.5 Å². The van der Waals surface area contributed by atoms with Gasteiger partial charge in [-0.05, 0) is 40.5 Å². The number of anilines is 1. The lowest BCUT2D eigenvalue weighted by Crippen LogP contribution is -2.34. The monoisotopic (exact) mass is 362 g/mol. The summed E-state index contributed by atoms with van der Waals surface area (Å²) in [6.07, 6.45) is 0.0458. The Kier molecular flexibility index (Phi) is 6.47. The van der Waals surface area contributed by atoms with Gasteiger partial charge in [0.1, 0.15) is 0 Å². The normalized spacial score (nSPS) is 9.90. The molecule has 0 radical (unpaired) electrons. The molecule has 0 saturated heterocycles. The summed E-state index contributed by atoms with van der Waals surface area (Å²) in [4.78, 5) is 33.1. The number of hydrogen-bond acceptors (Lipinski definition) is 3. The zero-order valence-electron chi connectivity index (χ0n) is 10.3. The molecule has 20 heavy (non-hydrogen) atoms. The number of halogens is 2. The summed E-state index contributed by atoms with van der Waals surface area (Å²) in [5.41, 5.74) is 0.470. The van der Waals surface area contributed by atoms with E-state index < -0.39 is 17.9 Å². The molecule has 1 aromatic carbocycles. The number of carbonyl (C=O) groups excluding carboxylic acids is 2. The number of aliphatic carboxylic acids is 1. The third-order valence-electron chi connectivity index (χ3n) is 2.22. The molecule has 0 spiro atoms. The summed E-state index contributed by atoms with van der Waals surface area (Å²) in [5, 5.41) is 13.5. The molecule has 0 fully saturated rings. The van der Waals surface area contributed by atoms with Crippen molar-refractivity contribution in [1.29, 1.82) is 0 Å². The number of carbonyl (C=O) groups is 3. The highest BCUT2D eigenvalue weighted by molar-refractivity contribution is 9.10. The fourth-order valence-electron chi connectivity index (χ4n) is 1.33. The molecular formula is C12H12BrClN2O4. The molecule has 0 aliphatic carbocycles. The van der Waals surface area contributed by atoms with Crippen molar-refractivity contribution in [3.05, 3.63) is 27.7 Å². The van der Waals surface area contributed by atoms with E-state index in [1.54, 1.807) is 18.2 Å². The average molecular weight is 364 g/mol. The molecule has 0 aliphatic rings. The molecule has 0 aliphatic heterocycles. The molecule has 3 amide bonds. The Morgan fingerprint density at radius 3 is 2.55 bits per heavy atom. The number of carboxylic acid groups (broad SMARTS) is 1. The van der Waals surface area contributed by atoms with Gasteiger partial charge >= 0.3 is 12.0 Å². The Balaban J connectivity index is 2.41. The predicted molar refractivity (Wildman–Crippen MR) is 77.8 cm³/mol. The number of hydrogen-bond donors (Lipinski definition) is 3. The summed E-state index contributed by atoms with van der Waals surface area (Å²) in [6, 6.07) is 4.09. The summed E-state index contributed by atoms with van der Waals surface area (Å²) >= 11 is 9.02. The van der Waals surface area contributed by atoms with Crippen LogP contribution in [0.5, 0.6) is 0 Å². The minimum atomic E-state index is -0.978. The Bertz CT molecular complexity index is 536. The first-order valence-electron chi connectivity index (χ1n) is 5.66. The van der Waals surface area contributed by atoms with Gasteiger partial charge in [-0.15, -0.1) is 0 Å². The van der Waals surface area contributed by atoms with Crippen LogP contribution < -0.4 is 10.6 Å². The zero-order valence-corrected chi connectivity index (χ0v) is 12.6. The second-order valence-electron chi connectivity index (χ2n) is 3.88. The highest BCUT2D eigenvalue weighted by Gasteiger charge is 2.09. The molecule has 3 N–H and O–H groups in total. The van der Waals surface area contributed by atoms with Gasteiger partial charge < -0.3 is 10.4 Å². The third kappa shape index (κ3) is 6.03. The fraction of sp³-hybridized carbons (Fsp3) is 0.250. The van der Waals surface area contributed by atoms with Crippen molar-refractivity contribution in [2.24, 2.45) is 0 Å². The maximum Gasteiger partial charge on any atom is 0.325 e. The van der Waals surface area contributed by atoms with Gasteiger partial charge in [0.15, 0.2) is 0 Å². The van der Waals surface area contributed by atoms with Crippen LogP contribution in [-0.4, -0.2) is 23.0 Å². The third-order valence-corrected chi connectivity index (χ3v) is 3.44. The standard InChI is InChI=1S/C12H12BrClN2O4/c13-8-6-7(4-5-9(8)14)15-12(20)16-10(17)2-1-3-11(18)19/h4-6H,1-3H2,(H,18,19)(H2,15,16,17,20). The van der Waals surface area contributed by atoms with Gasteiger partial charge in [-0.1, -0.05) is 11.6 Å². The molecule has 0 unspecified atom stereocenters. The van der Waals surface area contributed by atoms with Crippen molar-refractivity contribution >= 4 is 51.1 Å². The molecule has 0 aromatic heterocycles. The largest absolute Gasteiger partial charge is 0.481 e. The highest BCUT2D eigenvalue weighted by atomic mass is 79.9. The van der Waals surface area contributed by atoms with Gasteiger partial charge in [0.2, 0.25) is 5.91 Å². The van der Waals surface area contributed by atoms with Crippen molar-refractivity contribution in [3.63, 3.8) is 0 Å². The molecule has 6 nitrogen and oxygen atoms in total. The molecule has 0 bridgehead atoms. The van der Waals surface area contributed by atoms with Crippen LogP contribution in [0.25, 0.3) is 0 Å². The number of nitrogens with one attached hydrogen (secondary N) is 2. The highest BCUT2D eigenvalue weighted by Crippen LogP contribution is 2.25. The summed E-state index contributed by atoms with van der Waals surface area (Å²) in [6.45, 7) is 0. The number of rotatable bonds is 5. The van der Waals surface area contributed by atoms with Crippen LogP contribution in [0.4, 0.5) is 10.5 Å². The fourth-order valence-corrected chi connectivity index (χ4v) is 1.82. The van der Waals surface area contributed by atoms with Crippen LogP contribution in [0.15, 0.2) is 22.7 Å². The van der Waals surface area contributed by atoms with E-state index in [-0.39, 0.29) is 19.3 Å².